The van der Waals surface area contributed by atoms with Gasteiger partial charge in [0.15, 0.2) is 0 Å². The van der Waals surface area contributed by atoms with Gasteiger partial charge in [-0.05, 0) is 32.7 Å². The van der Waals surface area contributed by atoms with Crippen LogP contribution in [0.15, 0.2) is 0 Å². The third-order valence-corrected chi connectivity index (χ3v) is 3.55. The van der Waals surface area contributed by atoms with Crippen LogP contribution < -0.4 is 16.0 Å². The molecule has 5 heteroatoms. The molecule has 5 nitrogen and oxygen atoms in total. The maximum atomic E-state index is 11.9. The molecule has 19 heavy (non-hydrogen) atoms. The minimum Gasteiger partial charge on any atom is -0.354 e. The van der Waals surface area contributed by atoms with Crippen LogP contribution in [0.5, 0.6) is 0 Å². The Balaban J connectivity index is 2.17. The predicted molar refractivity (Wildman–Crippen MR) is 75.8 cm³/mol. The van der Waals surface area contributed by atoms with Crippen molar-refractivity contribution in [3.8, 4) is 0 Å². The smallest absolute Gasteiger partial charge is 0.237 e. The van der Waals surface area contributed by atoms with Gasteiger partial charge < -0.3 is 16.0 Å². The van der Waals surface area contributed by atoms with Crippen molar-refractivity contribution in [1.82, 2.24) is 16.0 Å². The molecule has 1 aliphatic rings. The quantitative estimate of drug-likeness (QED) is 0.672. The van der Waals surface area contributed by atoms with Crippen LogP contribution in [0.4, 0.5) is 0 Å². The Bertz CT molecular complexity index is 286. The summed E-state index contributed by atoms with van der Waals surface area (Å²) in [4.78, 5) is 23.5. The summed E-state index contributed by atoms with van der Waals surface area (Å²) >= 11 is 0. The van der Waals surface area contributed by atoms with E-state index in [4.69, 9.17) is 0 Å². The maximum Gasteiger partial charge on any atom is 0.237 e. The lowest BCUT2D eigenvalue weighted by atomic mass is 10.1. The summed E-state index contributed by atoms with van der Waals surface area (Å²) in [5.74, 6) is 0.0294. The Labute approximate surface area is 115 Å². The number of carbonyl (C=O) groups excluding carboxylic acids is 2. The molecule has 1 aliphatic heterocycles. The van der Waals surface area contributed by atoms with Crippen molar-refractivity contribution in [1.29, 1.82) is 0 Å². The summed E-state index contributed by atoms with van der Waals surface area (Å²) in [6, 6.07) is 0.117. The van der Waals surface area contributed by atoms with Gasteiger partial charge in [-0.1, -0.05) is 19.8 Å². The molecule has 0 aliphatic carbocycles. The number of hydrogen-bond donors (Lipinski definition) is 3. The molecule has 0 radical (unpaired) electrons. The highest BCUT2D eigenvalue weighted by Gasteiger charge is 2.19. The van der Waals surface area contributed by atoms with Gasteiger partial charge in [0.1, 0.15) is 0 Å². The third-order valence-electron chi connectivity index (χ3n) is 3.55. The topological polar surface area (TPSA) is 70.2 Å². The van der Waals surface area contributed by atoms with Gasteiger partial charge >= 0.3 is 0 Å². The Morgan fingerprint density at radius 3 is 2.84 bits per heavy atom. The minimum atomic E-state index is -0.0832. The van der Waals surface area contributed by atoms with Crippen LogP contribution >= 0.6 is 0 Å². The van der Waals surface area contributed by atoms with Crippen molar-refractivity contribution in [3.05, 3.63) is 0 Å². The van der Waals surface area contributed by atoms with E-state index in [2.05, 4.69) is 16.0 Å². The molecule has 1 heterocycles. The number of nitrogens with one attached hydrogen (secondary N) is 3. The fourth-order valence-electron chi connectivity index (χ4n) is 2.12. The van der Waals surface area contributed by atoms with E-state index in [1.165, 1.54) is 6.42 Å². The molecule has 2 atom stereocenters. The molecule has 0 aromatic rings. The van der Waals surface area contributed by atoms with E-state index in [1.807, 2.05) is 13.8 Å². The Hall–Kier alpha value is -1.10. The van der Waals surface area contributed by atoms with Gasteiger partial charge in [-0.25, -0.2) is 0 Å². The van der Waals surface area contributed by atoms with Gasteiger partial charge in [-0.15, -0.1) is 0 Å². The highest BCUT2D eigenvalue weighted by Crippen LogP contribution is 2.08. The molecular formula is C14H27N3O2. The molecular weight excluding hydrogens is 242 g/mol. The zero-order valence-electron chi connectivity index (χ0n) is 12.1. The van der Waals surface area contributed by atoms with Gasteiger partial charge in [-0.3, -0.25) is 9.59 Å². The molecule has 0 aromatic heterocycles. The van der Waals surface area contributed by atoms with Crippen molar-refractivity contribution in [3.63, 3.8) is 0 Å². The normalized spacial score (nSPS) is 21.3. The second kappa shape index (κ2) is 8.91. The highest BCUT2D eigenvalue weighted by atomic mass is 16.2. The van der Waals surface area contributed by atoms with Crippen molar-refractivity contribution < 1.29 is 9.59 Å². The lowest BCUT2D eigenvalue weighted by molar-refractivity contribution is -0.124. The van der Waals surface area contributed by atoms with Crippen LogP contribution in [0.25, 0.3) is 0 Å². The van der Waals surface area contributed by atoms with E-state index in [1.54, 1.807) is 0 Å². The van der Waals surface area contributed by atoms with E-state index in [-0.39, 0.29) is 23.9 Å². The SMILES string of the molecule is CCC(C)NC(=O)CCNC(=O)C1CCCCCN1. The van der Waals surface area contributed by atoms with E-state index in [0.717, 1.165) is 32.2 Å². The first-order valence-electron chi connectivity index (χ1n) is 7.44. The first-order valence-corrected chi connectivity index (χ1v) is 7.44. The molecule has 0 spiro atoms. The standard InChI is InChI=1S/C14H27N3O2/c1-3-11(2)17-13(18)8-10-16-14(19)12-7-5-4-6-9-15-12/h11-12,15H,3-10H2,1-2H3,(H,16,19)(H,17,18). The Morgan fingerprint density at radius 2 is 2.11 bits per heavy atom. The average Bonchev–Trinajstić information content (AvgIpc) is 2.67. The van der Waals surface area contributed by atoms with Gasteiger partial charge in [0.25, 0.3) is 0 Å². The second-order valence-corrected chi connectivity index (χ2v) is 5.27. The van der Waals surface area contributed by atoms with Crippen LogP contribution in [0.2, 0.25) is 0 Å². The summed E-state index contributed by atoms with van der Waals surface area (Å²) in [5.41, 5.74) is 0. The minimum absolute atomic E-state index is 0.00322. The molecule has 110 valence electrons. The molecule has 1 rings (SSSR count). The monoisotopic (exact) mass is 269 g/mol. The van der Waals surface area contributed by atoms with Crippen LogP contribution in [-0.2, 0) is 9.59 Å². The number of hydrogen-bond acceptors (Lipinski definition) is 3. The van der Waals surface area contributed by atoms with Crippen molar-refractivity contribution in [2.45, 2.75) is 64.5 Å². The maximum absolute atomic E-state index is 11.9. The number of carbonyl (C=O) groups is 2. The van der Waals surface area contributed by atoms with E-state index < -0.39 is 0 Å². The van der Waals surface area contributed by atoms with Crippen molar-refractivity contribution in [2.75, 3.05) is 13.1 Å². The van der Waals surface area contributed by atoms with Gasteiger partial charge in [0, 0.05) is 19.0 Å². The molecule has 1 fully saturated rings. The van der Waals surface area contributed by atoms with Crippen molar-refractivity contribution in [2.24, 2.45) is 0 Å². The van der Waals surface area contributed by atoms with Gasteiger partial charge in [0.2, 0.25) is 11.8 Å². The largest absolute Gasteiger partial charge is 0.354 e. The lowest BCUT2D eigenvalue weighted by Gasteiger charge is -2.16. The van der Waals surface area contributed by atoms with Gasteiger partial charge in [0.05, 0.1) is 6.04 Å². The van der Waals surface area contributed by atoms with Gasteiger partial charge in [-0.2, -0.15) is 0 Å². The zero-order chi connectivity index (χ0) is 14.1. The molecule has 0 bridgehead atoms. The van der Waals surface area contributed by atoms with Crippen LogP contribution in [-0.4, -0.2) is 37.0 Å². The predicted octanol–water partition coefficient (Wildman–Crippen LogP) is 0.940. The fraction of sp³-hybridized carbons (Fsp3) is 0.857. The van der Waals surface area contributed by atoms with E-state index >= 15 is 0 Å². The average molecular weight is 269 g/mol. The summed E-state index contributed by atoms with van der Waals surface area (Å²) in [7, 11) is 0. The van der Waals surface area contributed by atoms with Crippen LogP contribution in [0.3, 0.4) is 0 Å². The Kier molecular flexibility index (Phi) is 7.48. The van der Waals surface area contributed by atoms with E-state index in [9.17, 15) is 9.59 Å². The first kappa shape index (κ1) is 16.0. The lowest BCUT2D eigenvalue weighted by Crippen LogP contribution is -2.44. The summed E-state index contributed by atoms with van der Waals surface area (Å²) in [5, 5.41) is 8.98. The second-order valence-electron chi connectivity index (χ2n) is 5.27. The fourth-order valence-corrected chi connectivity index (χ4v) is 2.12. The molecule has 3 N–H and O–H groups in total. The molecule has 2 amide bonds. The number of rotatable bonds is 6. The summed E-state index contributed by atoms with van der Waals surface area (Å²) < 4.78 is 0. The molecule has 2 unspecified atom stereocenters. The summed E-state index contributed by atoms with van der Waals surface area (Å²) in [6.07, 6.45) is 5.59. The highest BCUT2D eigenvalue weighted by molar-refractivity contribution is 5.82. The third kappa shape index (κ3) is 6.57. The van der Waals surface area contributed by atoms with E-state index in [0.29, 0.717) is 13.0 Å². The van der Waals surface area contributed by atoms with Crippen molar-refractivity contribution >= 4 is 11.8 Å². The Morgan fingerprint density at radius 1 is 1.32 bits per heavy atom. The molecule has 1 saturated heterocycles. The zero-order valence-corrected chi connectivity index (χ0v) is 12.1. The molecule has 0 aromatic carbocycles. The number of amides is 2. The van der Waals surface area contributed by atoms with Crippen LogP contribution in [0, 0.1) is 0 Å². The first-order chi connectivity index (χ1) is 9.13. The molecule has 0 saturated carbocycles. The summed E-state index contributed by atoms with van der Waals surface area (Å²) in [6.45, 7) is 5.34. The van der Waals surface area contributed by atoms with Crippen LogP contribution in [0.1, 0.15) is 52.4 Å².